The van der Waals surface area contributed by atoms with Crippen LogP contribution < -0.4 is 14.8 Å². The van der Waals surface area contributed by atoms with Gasteiger partial charge in [-0.15, -0.1) is 0 Å². The molecule has 0 aliphatic rings. The van der Waals surface area contributed by atoms with Crippen LogP contribution in [0.1, 0.15) is 38.3 Å². The first-order valence-corrected chi connectivity index (χ1v) is 6.99. The van der Waals surface area contributed by atoms with E-state index in [0.29, 0.717) is 11.5 Å². The molecular weight excluding hydrogens is 283 g/mol. The maximum Gasteiger partial charge on any atom is 0.389 e. The molecule has 0 saturated carbocycles. The Bertz CT molecular complexity index is 435. The van der Waals surface area contributed by atoms with E-state index in [1.165, 1.54) is 0 Å². The molecule has 0 spiro atoms. The molecule has 1 aromatic rings. The van der Waals surface area contributed by atoms with Crippen molar-refractivity contribution in [3.8, 4) is 11.5 Å². The monoisotopic (exact) mass is 305 g/mol. The molecule has 1 rings (SSSR count). The highest BCUT2D eigenvalue weighted by Crippen LogP contribution is 2.34. The Morgan fingerprint density at radius 1 is 1.24 bits per heavy atom. The molecule has 1 unspecified atom stereocenters. The molecule has 0 radical (unpaired) electrons. The molecule has 0 aliphatic carbocycles. The largest absolute Gasteiger partial charge is 0.496 e. The Morgan fingerprint density at radius 3 is 2.48 bits per heavy atom. The van der Waals surface area contributed by atoms with E-state index in [9.17, 15) is 13.2 Å². The summed E-state index contributed by atoms with van der Waals surface area (Å²) >= 11 is 0. The van der Waals surface area contributed by atoms with Crippen LogP contribution in [0.15, 0.2) is 18.2 Å². The third kappa shape index (κ3) is 5.83. The van der Waals surface area contributed by atoms with E-state index in [4.69, 9.17) is 9.47 Å². The molecule has 0 aromatic heterocycles. The summed E-state index contributed by atoms with van der Waals surface area (Å²) in [6.07, 6.45) is -5.04. The average Bonchev–Trinajstić information content (AvgIpc) is 2.42. The van der Waals surface area contributed by atoms with E-state index >= 15 is 0 Å². The minimum Gasteiger partial charge on any atom is -0.496 e. The number of rotatable bonds is 8. The minimum atomic E-state index is -4.14. The lowest BCUT2D eigenvalue weighted by Crippen LogP contribution is -2.19. The Kier molecular flexibility index (Phi) is 6.81. The van der Waals surface area contributed by atoms with Crippen molar-refractivity contribution in [3.63, 3.8) is 0 Å². The summed E-state index contributed by atoms with van der Waals surface area (Å²) in [5, 5.41) is 3.25. The van der Waals surface area contributed by atoms with Crippen LogP contribution in [0, 0.1) is 0 Å². The first-order valence-electron chi connectivity index (χ1n) is 6.99. The normalized spacial score (nSPS) is 13.0. The SMILES string of the molecule is CCNC(C)c1c(OC)cccc1OCCCC(F)(F)F. The molecule has 21 heavy (non-hydrogen) atoms. The van der Waals surface area contributed by atoms with Crippen molar-refractivity contribution < 1.29 is 22.6 Å². The standard InChI is InChI=1S/C15H22F3NO2/c1-4-19-11(2)14-12(20-3)7-5-8-13(14)21-10-6-9-15(16,17)18/h5,7-8,11,19H,4,6,9-10H2,1-3H3. The average molecular weight is 305 g/mol. The molecule has 1 N–H and O–H groups in total. The topological polar surface area (TPSA) is 30.5 Å². The second-order valence-electron chi connectivity index (χ2n) is 4.72. The van der Waals surface area contributed by atoms with E-state index in [-0.39, 0.29) is 19.1 Å². The van der Waals surface area contributed by atoms with Gasteiger partial charge >= 0.3 is 6.18 Å². The van der Waals surface area contributed by atoms with Gasteiger partial charge in [0.05, 0.1) is 19.3 Å². The first kappa shape index (κ1) is 17.6. The minimum absolute atomic E-state index is 0.0104. The van der Waals surface area contributed by atoms with Crippen LogP contribution in [0.25, 0.3) is 0 Å². The van der Waals surface area contributed by atoms with Gasteiger partial charge in [0, 0.05) is 12.5 Å². The van der Waals surface area contributed by atoms with Crippen LogP contribution in [0.4, 0.5) is 13.2 Å². The van der Waals surface area contributed by atoms with Gasteiger partial charge in [-0.25, -0.2) is 0 Å². The summed E-state index contributed by atoms with van der Waals surface area (Å²) in [6, 6.07) is 5.31. The lowest BCUT2D eigenvalue weighted by Gasteiger charge is -2.20. The molecule has 0 aliphatic heterocycles. The first-order chi connectivity index (χ1) is 9.89. The van der Waals surface area contributed by atoms with Crippen molar-refractivity contribution in [1.82, 2.24) is 5.32 Å². The molecule has 0 heterocycles. The highest BCUT2D eigenvalue weighted by Gasteiger charge is 2.26. The van der Waals surface area contributed by atoms with E-state index in [1.807, 2.05) is 19.9 Å². The van der Waals surface area contributed by atoms with E-state index < -0.39 is 12.6 Å². The summed E-state index contributed by atoms with van der Waals surface area (Å²) in [6.45, 7) is 4.74. The van der Waals surface area contributed by atoms with Crippen LogP contribution in [0.5, 0.6) is 11.5 Å². The van der Waals surface area contributed by atoms with Gasteiger partial charge in [0.2, 0.25) is 0 Å². The van der Waals surface area contributed by atoms with Crippen LogP contribution in [0.3, 0.4) is 0 Å². The molecule has 1 atom stereocenters. The molecule has 1 aromatic carbocycles. The van der Waals surface area contributed by atoms with Crippen molar-refractivity contribution in [2.45, 2.75) is 38.9 Å². The van der Waals surface area contributed by atoms with Crippen LogP contribution in [-0.4, -0.2) is 26.4 Å². The maximum atomic E-state index is 12.1. The molecule has 0 bridgehead atoms. The molecule has 6 heteroatoms. The zero-order valence-corrected chi connectivity index (χ0v) is 12.6. The van der Waals surface area contributed by atoms with Crippen LogP contribution in [0.2, 0.25) is 0 Å². The van der Waals surface area contributed by atoms with Crippen molar-refractivity contribution in [3.05, 3.63) is 23.8 Å². The predicted molar refractivity (Wildman–Crippen MR) is 75.9 cm³/mol. The van der Waals surface area contributed by atoms with E-state index in [2.05, 4.69) is 5.32 Å². The highest BCUT2D eigenvalue weighted by molar-refractivity contribution is 5.46. The number of halogens is 3. The van der Waals surface area contributed by atoms with Crippen molar-refractivity contribution >= 4 is 0 Å². The van der Waals surface area contributed by atoms with Crippen LogP contribution >= 0.6 is 0 Å². The van der Waals surface area contributed by atoms with Gasteiger partial charge < -0.3 is 14.8 Å². The summed E-state index contributed by atoms with van der Waals surface area (Å²) < 4.78 is 47.2. The zero-order chi connectivity index (χ0) is 15.9. The molecule has 0 amide bonds. The third-order valence-corrected chi connectivity index (χ3v) is 3.05. The number of ether oxygens (including phenoxy) is 2. The molecule has 0 saturated heterocycles. The van der Waals surface area contributed by atoms with E-state index in [1.54, 1.807) is 19.2 Å². The lowest BCUT2D eigenvalue weighted by atomic mass is 10.1. The van der Waals surface area contributed by atoms with Gasteiger partial charge in [-0.2, -0.15) is 13.2 Å². The Morgan fingerprint density at radius 2 is 1.90 bits per heavy atom. The lowest BCUT2D eigenvalue weighted by molar-refractivity contribution is -0.136. The number of benzene rings is 1. The summed E-state index contributed by atoms with van der Waals surface area (Å²) in [5.74, 6) is 1.22. The predicted octanol–water partition coefficient (Wildman–Crippen LogP) is 4.09. The highest BCUT2D eigenvalue weighted by atomic mass is 19.4. The zero-order valence-electron chi connectivity index (χ0n) is 12.6. The van der Waals surface area contributed by atoms with Gasteiger partial charge in [0.25, 0.3) is 0 Å². The summed E-state index contributed by atoms with van der Waals surface area (Å²) in [4.78, 5) is 0. The molecular formula is C15H22F3NO2. The fourth-order valence-corrected chi connectivity index (χ4v) is 2.12. The summed E-state index contributed by atoms with van der Waals surface area (Å²) in [7, 11) is 1.56. The van der Waals surface area contributed by atoms with Crippen molar-refractivity contribution in [2.75, 3.05) is 20.3 Å². The van der Waals surface area contributed by atoms with Gasteiger partial charge in [-0.3, -0.25) is 0 Å². The number of hydrogen-bond donors (Lipinski definition) is 1. The van der Waals surface area contributed by atoms with E-state index in [0.717, 1.165) is 12.1 Å². The second kappa shape index (κ2) is 8.12. The van der Waals surface area contributed by atoms with Crippen molar-refractivity contribution in [2.24, 2.45) is 0 Å². The Hall–Kier alpha value is -1.43. The van der Waals surface area contributed by atoms with Gasteiger partial charge in [0.15, 0.2) is 0 Å². The fraction of sp³-hybridized carbons (Fsp3) is 0.600. The fourth-order valence-electron chi connectivity index (χ4n) is 2.12. The summed E-state index contributed by atoms with van der Waals surface area (Å²) in [5.41, 5.74) is 0.828. The molecule has 0 fully saturated rings. The number of methoxy groups -OCH3 is 1. The number of alkyl halides is 3. The quantitative estimate of drug-likeness (QED) is 0.734. The van der Waals surface area contributed by atoms with Gasteiger partial charge in [-0.1, -0.05) is 13.0 Å². The van der Waals surface area contributed by atoms with Crippen LogP contribution in [-0.2, 0) is 0 Å². The molecule has 3 nitrogen and oxygen atoms in total. The molecule has 120 valence electrons. The van der Waals surface area contributed by atoms with Gasteiger partial charge in [-0.05, 0) is 32.0 Å². The Balaban J connectivity index is 2.76. The Labute approximate surface area is 123 Å². The van der Waals surface area contributed by atoms with Crippen molar-refractivity contribution in [1.29, 1.82) is 0 Å². The maximum absolute atomic E-state index is 12.1. The third-order valence-electron chi connectivity index (χ3n) is 3.05. The van der Waals surface area contributed by atoms with Gasteiger partial charge in [0.1, 0.15) is 11.5 Å². The number of nitrogens with one attached hydrogen (secondary N) is 1. The second-order valence-corrected chi connectivity index (χ2v) is 4.72. The number of hydrogen-bond acceptors (Lipinski definition) is 3. The smallest absolute Gasteiger partial charge is 0.389 e.